The topological polar surface area (TPSA) is 38.0 Å². The van der Waals surface area contributed by atoms with Gasteiger partial charge in [0.05, 0.1) is 5.52 Å². The van der Waals surface area contributed by atoms with E-state index in [4.69, 9.17) is 11.6 Å². The van der Waals surface area contributed by atoms with Gasteiger partial charge in [-0.05, 0) is 25.1 Å². The van der Waals surface area contributed by atoms with Gasteiger partial charge in [-0.2, -0.15) is 5.10 Å². The molecule has 0 saturated heterocycles. The molecule has 1 aromatic carbocycles. The lowest BCUT2D eigenvalue weighted by Crippen LogP contribution is -1.94. The highest BCUT2D eigenvalue weighted by molar-refractivity contribution is 6.34. The average molecular weight is 197 g/mol. The van der Waals surface area contributed by atoms with Crippen LogP contribution in [0.2, 0.25) is 5.15 Å². The van der Waals surface area contributed by atoms with Gasteiger partial charge >= 0.3 is 0 Å². The molecule has 0 aliphatic rings. The normalized spacial score (nSPS) is 10.9. The summed E-state index contributed by atoms with van der Waals surface area (Å²) >= 11 is 6.02. The summed E-state index contributed by atoms with van der Waals surface area (Å²) < 4.78 is 1.70. The molecule has 0 amide bonds. The van der Waals surface area contributed by atoms with Crippen molar-refractivity contribution in [3.05, 3.63) is 23.4 Å². The minimum absolute atomic E-state index is 0.213. The fourth-order valence-corrected chi connectivity index (χ4v) is 1.61. The van der Waals surface area contributed by atoms with E-state index in [1.165, 1.54) is 0 Å². The third-order valence-corrected chi connectivity index (χ3v) is 2.36. The highest BCUT2D eigenvalue weighted by Gasteiger charge is 2.07. The van der Waals surface area contributed by atoms with Gasteiger partial charge in [-0.15, -0.1) is 0 Å². The molecule has 1 N–H and O–H groups in total. The summed E-state index contributed by atoms with van der Waals surface area (Å²) in [5.74, 6) is 0.213. The predicted molar refractivity (Wildman–Crippen MR) is 52.1 cm³/mol. The number of hydrogen-bond donors (Lipinski definition) is 1. The molecule has 13 heavy (non-hydrogen) atoms. The van der Waals surface area contributed by atoms with E-state index in [1.54, 1.807) is 22.9 Å². The zero-order valence-electron chi connectivity index (χ0n) is 7.16. The number of phenols is 1. The van der Waals surface area contributed by atoms with Gasteiger partial charge in [-0.1, -0.05) is 11.6 Å². The van der Waals surface area contributed by atoms with Crippen LogP contribution in [0.15, 0.2) is 18.2 Å². The molecule has 68 valence electrons. The number of rotatable bonds is 1. The molecule has 0 fully saturated rings. The number of halogens is 1. The molecule has 0 saturated carbocycles. The maximum atomic E-state index is 9.24. The van der Waals surface area contributed by atoms with Gasteiger partial charge < -0.3 is 5.11 Å². The zero-order chi connectivity index (χ0) is 9.42. The standard InChI is InChI=1S/C9H9ClN2O/c1-2-12-9(10)7-5-6(13)3-4-8(7)11-12/h3-5,13H,2H2,1H3. The Labute approximate surface area is 80.5 Å². The van der Waals surface area contributed by atoms with Gasteiger partial charge in [0.25, 0.3) is 0 Å². The van der Waals surface area contributed by atoms with Gasteiger partial charge in [-0.25, -0.2) is 0 Å². The Morgan fingerprint density at radius 2 is 2.31 bits per heavy atom. The number of hydrogen-bond acceptors (Lipinski definition) is 2. The van der Waals surface area contributed by atoms with Crippen LogP contribution in [0.1, 0.15) is 6.92 Å². The summed E-state index contributed by atoms with van der Waals surface area (Å²) in [6.07, 6.45) is 0. The maximum Gasteiger partial charge on any atom is 0.135 e. The molecular weight excluding hydrogens is 188 g/mol. The number of fused-ring (bicyclic) bond motifs is 1. The molecule has 0 unspecified atom stereocenters. The van der Waals surface area contributed by atoms with Crippen LogP contribution in [-0.4, -0.2) is 14.9 Å². The lowest BCUT2D eigenvalue weighted by atomic mass is 10.2. The van der Waals surface area contributed by atoms with Crippen molar-refractivity contribution in [1.29, 1.82) is 0 Å². The molecule has 2 aromatic rings. The monoisotopic (exact) mass is 196 g/mol. The van der Waals surface area contributed by atoms with Gasteiger partial charge in [-0.3, -0.25) is 4.68 Å². The highest BCUT2D eigenvalue weighted by atomic mass is 35.5. The molecule has 0 bridgehead atoms. The smallest absolute Gasteiger partial charge is 0.135 e. The van der Waals surface area contributed by atoms with Crippen LogP contribution in [0.5, 0.6) is 5.75 Å². The fourth-order valence-electron chi connectivity index (χ4n) is 1.30. The SMILES string of the molecule is CCn1nc2ccc(O)cc2c1Cl. The van der Waals surface area contributed by atoms with Gasteiger partial charge in [0, 0.05) is 11.9 Å². The van der Waals surface area contributed by atoms with Crippen molar-refractivity contribution in [2.24, 2.45) is 0 Å². The van der Waals surface area contributed by atoms with Crippen molar-refractivity contribution in [3.8, 4) is 5.75 Å². The second kappa shape index (κ2) is 2.92. The van der Waals surface area contributed by atoms with Crippen LogP contribution in [0, 0.1) is 0 Å². The molecule has 0 radical (unpaired) electrons. The number of aromatic hydroxyl groups is 1. The van der Waals surface area contributed by atoms with Crippen LogP contribution in [-0.2, 0) is 6.54 Å². The third-order valence-electron chi connectivity index (χ3n) is 1.96. The molecule has 0 atom stereocenters. The van der Waals surface area contributed by atoms with Crippen molar-refractivity contribution < 1.29 is 5.11 Å². The van der Waals surface area contributed by atoms with Gasteiger partial charge in [0.2, 0.25) is 0 Å². The number of aromatic nitrogens is 2. The van der Waals surface area contributed by atoms with Crippen molar-refractivity contribution in [3.63, 3.8) is 0 Å². The van der Waals surface area contributed by atoms with Crippen molar-refractivity contribution in [1.82, 2.24) is 9.78 Å². The molecule has 4 heteroatoms. The average Bonchev–Trinajstić information content (AvgIpc) is 2.44. The van der Waals surface area contributed by atoms with E-state index in [0.29, 0.717) is 5.15 Å². The summed E-state index contributed by atoms with van der Waals surface area (Å²) in [4.78, 5) is 0. The second-order valence-electron chi connectivity index (χ2n) is 2.81. The largest absolute Gasteiger partial charge is 0.508 e. The molecule has 0 spiro atoms. The summed E-state index contributed by atoms with van der Waals surface area (Å²) in [7, 11) is 0. The predicted octanol–water partition coefficient (Wildman–Crippen LogP) is 2.42. The minimum atomic E-state index is 0.213. The van der Waals surface area contributed by atoms with Crippen LogP contribution >= 0.6 is 11.6 Å². The van der Waals surface area contributed by atoms with E-state index in [9.17, 15) is 5.11 Å². The summed E-state index contributed by atoms with van der Waals surface area (Å²) in [6.45, 7) is 2.70. The number of nitrogens with zero attached hydrogens (tertiary/aromatic N) is 2. The van der Waals surface area contributed by atoms with Crippen LogP contribution in [0.4, 0.5) is 0 Å². The molecule has 1 heterocycles. The summed E-state index contributed by atoms with van der Waals surface area (Å²) in [6, 6.07) is 4.98. The summed E-state index contributed by atoms with van der Waals surface area (Å²) in [5.41, 5.74) is 0.810. The first-order valence-electron chi connectivity index (χ1n) is 4.07. The molecule has 3 nitrogen and oxygen atoms in total. The Hall–Kier alpha value is -1.22. The molecule has 2 rings (SSSR count). The van der Waals surface area contributed by atoms with E-state index in [-0.39, 0.29) is 5.75 Å². The van der Waals surface area contributed by atoms with Crippen LogP contribution in [0.3, 0.4) is 0 Å². The molecular formula is C9H9ClN2O. The number of benzene rings is 1. The van der Waals surface area contributed by atoms with E-state index < -0.39 is 0 Å². The molecule has 1 aromatic heterocycles. The van der Waals surface area contributed by atoms with Crippen molar-refractivity contribution >= 4 is 22.5 Å². The number of phenolic OH excluding ortho intramolecular Hbond substituents is 1. The lowest BCUT2D eigenvalue weighted by Gasteiger charge is -1.94. The fraction of sp³-hybridized carbons (Fsp3) is 0.222. The summed E-state index contributed by atoms with van der Waals surface area (Å²) in [5, 5.41) is 14.9. The van der Waals surface area contributed by atoms with Gasteiger partial charge in [0.1, 0.15) is 10.9 Å². The van der Waals surface area contributed by atoms with Crippen molar-refractivity contribution in [2.75, 3.05) is 0 Å². The van der Waals surface area contributed by atoms with Crippen LogP contribution < -0.4 is 0 Å². The quantitative estimate of drug-likeness (QED) is 0.761. The zero-order valence-corrected chi connectivity index (χ0v) is 7.91. The first kappa shape index (κ1) is 8.38. The van der Waals surface area contributed by atoms with Crippen molar-refractivity contribution in [2.45, 2.75) is 13.5 Å². The Morgan fingerprint density at radius 1 is 1.54 bits per heavy atom. The van der Waals surface area contributed by atoms with Crippen LogP contribution in [0.25, 0.3) is 10.9 Å². The Morgan fingerprint density at radius 3 is 3.00 bits per heavy atom. The van der Waals surface area contributed by atoms with E-state index in [2.05, 4.69) is 5.10 Å². The second-order valence-corrected chi connectivity index (χ2v) is 3.17. The lowest BCUT2D eigenvalue weighted by molar-refractivity contribution is 0.476. The van der Waals surface area contributed by atoms with Gasteiger partial charge in [0.15, 0.2) is 0 Å². The van der Waals surface area contributed by atoms with E-state index >= 15 is 0 Å². The third kappa shape index (κ3) is 1.25. The molecule has 0 aliphatic carbocycles. The first-order chi connectivity index (χ1) is 6.22. The maximum absolute atomic E-state index is 9.24. The van der Waals surface area contributed by atoms with E-state index in [0.717, 1.165) is 17.4 Å². The highest BCUT2D eigenvalue weighted by Crippen LogP contribution is 2.26. The number of aryl methyl sites for hydroxylation is 1. The minimum Gasteiger partial charge on any atom is -0.508 e. The molecule has 0 aliphatic heterocycles. The Kier molecular flexibility index (Phi) is 1.88. The Bertz CT molecular complexity index is 450. The first-order valence-corrected chi connectivity index (χ1v) is 4.45. The van der Waals surface area contributed by atoms with E-state index in [1.807, 2.05) is 6.92 Å². The Balaban J connectivity index is 2.77.